The normalized spacial score (nSPS) is 26.7. The van der Waals surface area contributed by atoms with Gasteiger partial charge in [0.05, 0.1) is 5.88 Å². The minimum atomic E-state index is -3.37. The van der Waals surface area contributed by atoms with E-state index in [0.717, 1.165) is 4.88 Å². The number of alkyl halides is 1. The molecule has 0 radical (unpaired) electrons. The minimum Gasteiger partial charge on any atom is -0.298 e. The highest BCUT2D eigenvalue weighted by atomic mass is 35.5. The molecule has 0 aromatic carbocycles. The first-order chi connectivity index (χ1) is 8.86. The van der Waals surface area contributed by atoms with Crippen molar-refractivity contribution >= 4 is 33.0 Å². The van der Waals surface area contributed by atoms with Crippen LogP contribution in [0.25, 0.3) is 0 Å². The van der Waals surface area contributed by atoms with E-state index in [2.05, 4.69) is 18.7 Å². The summed E-state index contributed by atoms with van der Waals surface area (Å²) >= 11 is 7.00. The third-order valence-corrected chi connectivity index (χ3v) is 7.52. The summed E-state index contributed by atoms with van der Waals surface area (Å²) in [6, 6.07) is 3.90. The fraction of sp³-hybridized carbons (Fsp3) is 0.667. The van der Waals surface area contributed by atoms with E-state index in [-0.39, 0.29) is 12.1 Å². The van der Waals surface area contributed by atoms with Crippen molar-refractivity contribution < 1.29 is 8.42 Å². The molecule has 0 amide bonds. The molecule has 1 fully saturated rings. The summed E-state index contributed by atoms with van der Waals surface area (Å²) in [7, 11) is -1.34. The zero-order chi connectivity index (χ0) is 14.2. The summed E-state index contributed by atoms with van der Waals surface area (Å²) in [6.07, 6.45) is 0. The molecule has 2 rings (SSSR count). The van der Waals surface area contributed by atoms with Crippen LogP contribution in [0.4, 0.5) is 0 Å². The molecule has 0 spiro atoms. The monoisotopic (exact) mass is 322 g/mol. The lowest BCUT2D eigenvalue weighted by Crippen LogP contribution is -2.56. The van der Waals surface area contributed by atoms with Crippen molar-refractivity contribution in [1.82, 2.24) is 9.21 Å². The second kappa shape index (κ2) is 5.69. The van der Waals surface area contributed by atoms with E-state index in [9.17, 15) is 8.42 Å². The molecule has 4 nitrogen and oxygen atoms in total. The maximum absolute atomic E-state index is 12.6. The Kier molecular flexibility index (Phi) is 4.57. The molecule has 0 aliphatic carbocycles. The van der Waals surface area contributed by atoms with E-state index >= 15 is 0 Å². The average molecular weight is 323 g/mol. The number of thiophene rings is 1. The lowest BCUT2D eigenvalue weighted by atomic mass is 10.1. The Morgan fingerprint density at radius 1 is 1.32 bits per heavy atom. The fourth-order valence-corrected chi connectivity index (χ4v) is 5.46. The summed E-state index contributed by atoms with van der Waals surface area (Å²) in [5, 5.41) is 0. The Morgan fingerprint density at radius 3 is 2.37 bits per heavy atom. The second-order valence-corrected chi connectivity index (χ2v) is 8.64. The number of rotatable bonds is 3. The third kappa shape index (κ3) is 2.97. The molecule has 0 bridgehead atoms. The fourth-order valence-electron chi connectivity index (χ4n) is 2.25. The Balaban J connectivity index is 2.25. The molecular formula is C12H19ClN2O2S2. The van der Waals surface area contributed by atoms with Crippen molar-refractivity contribution in [2.24, 2.45) is 0 Å². The Bertz CT molecular complexity index is 532. The van der Waals surface area contributed by atoms with Crippen molar-refractivity contribution in [2.45, 2.75) is 36.0 Å². The van der Waals surface area contributed by atoms with Crippen molar-refractivity contribution in [3.63, 3.8) is 0 Å². The lowest BCUT2D eigenvalue weighted by molar-refractivity contribution is 0.105. The molecule has 19 heavy (non-hydrogen) atoms. The molecule has 1 saturated heterocycles. The van der Waals surface area contributed by atoms with E-state index in [0.29, 0.717) is 23.2 Å². The van der Waals surface area contributed by atoms with Crippen LogP contribution in [0.3, 0.4) is 0 Å². The highest BCUT2D eigenvalue weighted by Gasteiger charge is 2.35. The van der Waals surface area contributed by atoms with Crippen LogP contribution in [-0.2, 0) is 15.9 Å². The van der Waals surface area contributed by atoms with Gasteiger partial charge in [-0.3, -0.25) is 4.90 Å². The van der Waals surface area contributed by atoms with Gasteiger partial charge in [-0.15, -0.1) is 22.9 Å². The van der Waals surface area contributed by atoms with Crippen LogP contribution in [0.15, 0.2) is 16.3 Å². The molecule has 2 atom stereocenters. The predicted octanol–water partition coefficient (Wildman–Crippen LogP) is 2.20. The summed E-state index contributed by atoms with van der Waals surface area (Å²) in [5.74, 6) is 0.357. The van der Waals surface area contributed by atoms with Gasteiger partial charge in [0.2, 0.25) is 0 Å². The number of piperazine rings is 1. The van der Waals surface area contributed by atoms with Crippen molar-refractivity contribution in [3.05, 3.63) is 17.0 Å². The second-order valence-electron chi connectivity index (χ2n) is 5.04. The van der Waals surface area contributed by atoms with Gasteiger partial charge in [-0.2, -0.15) is 4.31 Å². The van der Waals surface area contributed by atoms with E-state index in [1.54, 1.807) is 16.4 Å². The molecular weight excluding hydrogens is 304 g/mol. The molecule has 1 aromatic rings. The molecule has 1 aromatic heterocycles. The van der Waals surface area contributed by atoms with Gasteiger partial charge >= 0.3 is 0 Å². The molecule has 2 heterocycles. The smallest absolute Gasteiger partial charge is 0.252 e. The summed E-state index contributed by atoms with van der Waals surface area (Å²) in [5.41, 5.74) is 0. The number of hydrogen-bond donors (Lipinski definition) is 0. The van der Waals surface area contributed by atoms with Gasteiger partial charge in [-0.25, -0.2) is 8.42 Å². The topological polar surface area (TPSA) is 40.6 Å². The maximum Gasteiger partial charge on any atom is 0.252 e. The summed E-state index contributed by atoms with van der Waals surface area (Å²) < 4.78 is 27.2. The number of sulfonamides is 1. The molecule has 7 heteroatoms. The van der Waals surface area contributed by atoms with Gasteiger partial charge < -0.3 is 0 Å². The van der Waals surface area contributed by atoms with Crippen LogP contribution in [0, 0.1) is 0 Å². The van der Waals surface area contributed by atoms with Crippen LogP contribution in [0.5, 0.6) is 0 Å². The quantitative estimate of drug-likeness (QED) is 0.801. The van der Waals surface area contributed by atoms with Gasteiger partial charge in [-0.05, 0) is 33.0 Å². The number of halogens is 1. The molecule has 2 unspecified atom stereocenters. The SMILES string of the molecule is CC1CN(S(=O)(=O)c2ccc(CCl)s2)CC(C)N1C. The van der Waals surface area contributed by atoms with Crippen LogP contribution >= 0.6 is 22.9 Å². The first-order valence-electron chi connectivity index (χ1n) is 6.23. The zero-order valence-corrected chi connectivity index (χ0v) is 13.7. The maximum atomic E-state index is 12.6. The highest BCUT2D eigenvalue weighted by Crippen LogP contribution is 2.28. The largest absolute Gasteiger partial charge is 0.298 e. The predicted molar refractivity (Wildman–Crippen MR) is 79.3 cm³/mol. The van der Waals surface area contributed by atoms with Gasteiger partial charge in [0.1, 0.15) is 4.21 Å². The minimum absolute atomic E-state index is 0.228. The van der Waals surface area contributed by atoms with Crippen LogP contribution in [-0.4, -0.2) is 49.8 Å². The van der Waals surface area contributed by atoms with Crippen LogP contribution in [0.1, 0.15) is 18.7 Å². The van der Waals surface area contributed by atoms with Crippen molar-refractivity contribution in [3.8, 4) is 0 Å². The Morgan fingerprint density at radius 2 is 1.89 bits per heavy atom. The van der Waals surface area contributed by atoms with Gasteiger partial charge in [0, 0.05) is 30.1 Å². The average Bonchev–Trinajstić information content (AvgIpc) is 2.84. The van der Waals surface area contributed by atoms with E-state index in [1.807, 2.05) is 7.05 Å². The number of hydrogen-bond acceptors (Lipinski definition) is 4. The van der Waals surface area contributed by atoms with Crippen LogP contribution in [0.2, 0.25) is 0 Å². The Labute approximate surface area is 124 Å². The highest BCUT2D eigenvalue weighted by molar-refractivity contribution is 7.91. The molecule has 0 N–H and O–H groups in total. The molecule has 1 aliphatic heterocycles. The van der Waals surface area contributed by atoms with Crippen LogP contribution < -0.4 is 0 Å². The van der Waals surface area contributed by atoms with Crippen molar-refractivity contribution in [2.75, 3.05) is 20.1 Å². The van der Waals surface area contributed by atoms with E-state index < -0.39 is 10.0 Å². The molecule has 1 aliphatic rings. The van der Waals surface area contributed by atoms with Gasteiger partial charge in [0.25, 0.3) is 10.0 Å². The zero-order valence-electron chi connectivity index (χ0n) is 11.3. The number of nitrogens with zero attached hydrogens (tertiary/aromatic N) is 2. The third-order valence-electron chi connectivity index (χ3n) is 3.69. The van der Waals surface area contributed by atoms with E-state index in [4.69, 9.17) is 11.6 Å². The van der Waals surface area contributed by atoms with Gasteiger partial charge in [0.15, 0.2) is 0 Å². The molecule has 108 valence electrons. The van der Waals surface area contributed by atoms with Gasteiger partial charge in [-0.1, -0.05) is 0 Å². The number of likely N-dealkylation sites (N-methyl/N-ethyl adjacent to an activating group) is 1. The summed E-state index contributed by atoms with van der Waals surface area (Å²) in [4.78, 5) is 3.10. The first-order valence-corrected chi connectivity index (χ1v) is 9.02. The first kappa shape index (κ1) is 15.3. The standard InChI is InChI=1S/C12H19ClN2O2S2/c1-9-7-15(8-10(2)14(9)3)19(16,17)12-5-4-11(6-13)18-12/h4-5,9-10H,6-8H2,1-3H3. The lowest BCUT2D eigenvalue weighted by Gasteiger charge is -2.41. The molecule has 0 saturated carbocycles. The van der Waals surface area contributed by atoms with Crippen molar-refractivity contribution in [1.29, 1.82) is 0 Å². The summed E-state index contributed by atoms with van der Waals surface area (Å²) in [6.45, 7) is 5.18. The van der Waals surface area contributed by atoms with E-state index in [1.165, 1.54) is 11.3 Å². The Hall–Kier alpha value is -0.140.